The molecule has 0 fully saturated rings. The predicted molar refractivity (Wildman–Crippen MR) is 55.5 cm³/mol. The van der Waals surface area contributed by atoms with Gasteiger partial charge in [-0.2, -0.15) is 13.2 Å². The predicted octanol–water partition coefficient (Wildman–Crippen LogP) is 2.95. The molecular weight excluding hydrogens is 243 g/mol. The van der Waals surface area contributed by atoms with Crippen LogP contribution >= 0.6 is 11.6 Å². The fraction of sp³-hybridized carbons (Fsp3) is 0.400. The van der Waals surface area contributed by atoms with Gasteiger partial charge in [0.05, 0.1) is 10.6 Å². The molecule has 90 valence electrons. The maximum absolute atomic E-state index is 12.5. The Kier molecular flexibility index (Phi) is 3.70. The zero-order valence-electron chi connectivity index (χ0n) is 8.48. The molecule has 1 aromatic carbocycles. The van der Waals surface area contributed by atoms with E-state index in [4.69, 9.17) is 17.3 Å². The van der Waals surface area contributed by atoms with Gasteiger partial charge in [-0.15, -0.1) is 0 Å². The first-order valence-corrected chi connectivity index (χ1v) is 4.93. The number of benzene rings is 1. The van der Waals surface area contributed by atoms with E-state index >= 15 is 0 Å². The molecule has 16 heavy (non-hydrogen) atoms. The second-order valence-corrected chi connectivity index (χ2v) is 4.06. The van der Waals surface area contributed by atoms with Crippen LogP contribution in [0.15, 0.2) is 12.1 Å². The summed E-state index contributed by atoms with van der Waals surface area (Å²) in [6.45, 7) is 1.67. The highest BCUT2D eigenvalue weighted by Crippen LogP contribution is 2.40. The Balaban J connectivity index is 3.23. The van der Waals surface area contributed by atoms with Crippen LogP contribution in [-0.4, -0.2) is 11.1 Å². The highest BCUT2D eigenvalue weighted by molar-refractivity contribution is 6.32. The average molecular weight is 254 g/mol. The molecule has 0 amide bonds. The summed E-state index contributed by atoms with van der Waals surface area (Å²) in [5.74, 6) is -0.942. The lowest BCUT2D eigenvalue weighted by Gasteiger charge is -2.13. The van der Waals surface area contributed by atoms with Crippen LogP contribution in [0.2, 0.25) is 5.02 Å². The molecule has 0 aliphatic rings. The lowest BCUT2D eigenvalue weighted by atomic mass is 10.0. The van der Waals surface area contributed by atoms with Crippen molar-refractivity contribution in [2.24, 2.45) is 5.73 Å². The Hall–Kier alpha value is -0.940. The average Bonchev–Trinajstić information content (AvgIpc) is 2.08. The summed E-state index contributed by atoms with van der Waals surface area (Å²) in [7, 11) is 0. The van der Waals surface area contributed by atoms with Gasteiger partial charge in [0.1, 0.15) is 5.75 Å². The first kappa shape index (κ1) is 13.1. The first-order chi connectivity index (χ1) is 7.21. The molecule has 1 rings (SSSR count). The van der Waals surface area contributed by atoms with E-state index in [-0.39, 0.29) is 17.5 Å². The van der Waals surface area contributed by atoms with Gasteiger partial charge < -0.3 is 10.8 Å². The molecule has 0 bridgehead atoms. The molecule has 1 atom stereocenters. The summed E-state index contributed by atoms with van der Waals surface area (Å²) in [5.41, 5.74) is 4.71. The van der Waals surface area contributed by atoms with Gasteiger partial charge in [-0.25, -0.2) is 0 Å². The van der Waals surface area contributed by atoms with Crippen molar-refractivity contribution >= 4 is 11.6 Å². The fourth-order valence-electron chi connectivity index (χ4n) is 1.36. The first-order valence-electron chi connectivity index (χ1n) is 4.56. The van der Waals surface area contributed by atoms with Gasteiger partial charge in [0.2, 0.25) is 0 Å². The maximum atomic E-state index is 12.5. The number of halogens is 4. The van der Waals surface area contributed by atoms with Crippen molar-refractivity contribution in [1.29, 1.82) is 0 Å². The third-order valence-electron chi connectivity index (χ3n) is 1.99. The molecule has 0 saturated carbocycles. The van der Waals surface area contributed by atoms with Crippen LogP contribution in [-0.2, 0) is 12.6 Å². The SMILES string of the molecule is CC(N)Cc1cc(Cl)c(O)c(C(F)(F)F)c1. The highest BCUT2D eigenvalue weighted by atomic mass is 35.5. The van der Waals surface area contributed by atoms with Gasteiger partial charge in [-0.3, -0.25) is 0 Å². The van der Waals surface area contributed by atoms with Crippen molar-refractivity contribution in [2.45, 2.75) is 25.6 Å². The van der Waals surface area contributed by atoms with Gasteiger partial charge in [-0.1, -0.05) is 11.6 Å². The van der Waals surface area contributed by atoms with Gasteiger partial charge in [0.15, 0.2) is 0 Å². The number of hydrogen-bond donors (Lipinski definition) is 2. The standard InChI is InChI=1S/C10H11ClF3NO/c1-5(15)2-6-3-7(10(12,13)14)9(16)8(11)4-6/h3-5,16H,2,15H2,1H3. The maximum Gasteiger partial charge on any atom is 0.420 e. The molecule has 0 heterocycles. The van der Waals surface area contributed by atoms with E-state index in [1.165, 1.54) is 6.07 Å². The monoisotopic (exact) mass is 253 g/mol. The minimum Gasteiger partial charge on any atom is -0.506 e. The molecule has 2 nitrogen and oxygen atoms in total. The third-order valence-corrected chi connectivity index (χ3v) is 2.27. The third kappa shape index (κ3) is 3.02. The molecular formula is C10H11ClF3NO. The minimum atomic E-state index is -4.62. The molecule has 0 spiro atoms. The van der Waals surface area contributed by atoms with Gasteiger partial charge in [-0.05, 0) is 31.0 Å². The smallest absolute Gasteiger partial charge is 0.420 e. The van der Waals surface area contributed by atoms with Crippen LogP contribution in [0.4, 0.5) is 13.2 Å². The topological polar surface area (TPSA) is 46.2 Å². The molecule has 0 aromatic heterocycles. The van der Waals surface area contributed by atoms with Crippen LogP contribution in [0.1, 0.15) is 18.1 Å². The molecule has 0 radical (unpaired) electrons. The van der Waals surface area contributed by atoms with Crippen molar-refractivity contribution in [3.63, 3.8) is 0 Å². The summed E-state index contributed by atoms with van der Waals surface area (Å²) in [4.78, 5) is 0. The van der Waals surface area contributed by atoms with Crippen LogP contribution in [0.25, 0.3) is 0 Å². The molecule has 1 aromatic rings. The van der Waals surface area contributed by atoms with Crippen LogP contribution < -0.4 is 5.73 Å². The van der Waals surface area contributed by atoms with Crippen LogP contribution in [0, 0.1) is 0 Å². The Morgan fingerprint density at radius 3 is 2.44 bits per heavy atom. The zero-order valence-corrected chi connectivity index (χ0v) is 9.23. The normalized spacial score (nSPS) is 13.9. The molecule has 3 N–H and O–H groups in total. The number of phenols is 1. The Morgan fingerprint density at radius 2 is 2.00 bits per heavy atom. The summed E-state index contributed by atoms with van der Waals surface area (Å²) in [6, 6.07) is 1.88. The summed E-state index contributed by atoms with van der Waals surface area (Å²) >= 11 is 5.52. The van der Waals surface area contributed by atoms with E-state index in [0.717, 1.165) is 6.07 Å². The number of rotatable bonds is 2. The second-order valence-electron chi connectivity index (χ2n) is 3.65. The highest BCUT2D eigenvalue weighted by Gasteiger charge is 2.35. The number of aromatic hydroxyl groups is 1. The van der Waals surface area contributed by atoms with Crippen molar-refractivity contribution in [2.75, 3.05) is 0 Å². The van der Waals surface area contributed by atoms with E-state index in [9.17, 15) is 18.3 Å². The van der Waals surface area contributed by atoms with Gasteiger partial charge in [0.25, 0.3) is 0 Å². The zero-order chi connectivity index (χ0) is 12.5. The van der Waals surface area contributed by atoms with E-state index in [2.05, 4.69) is 0 Å². The Bertz CT molecular complexity index is 390. The summed E-state index contributed by atoms with van der Waals surface area (Å²) in [6.07, 6.45) is -4.36. The lowest BCUT2D eigenvalue weighted by molar-refractivity contribution is -0.138. The van der Waals surface area contributed by atoms with Gasteiger partial charge in [0, 0.05) is 6.04 Å². The molecule has 6 heteroatoms. The van der Waals surface area contributed by atoms with Crippen molar-refractivity contribution in [3.05, 3.63) is 28.3 Å². The number of alkyl halides is 3. The Morgan fingerprint density at radius 1 is 1.44 bits per heavy atom. The molecule has 0 aliphatic carbocycles. The molecule has 0 aliphatic heterocycles. The van der Waals surface area contributed by atoms with Crippen molar-refractivity contribution < 1.29 is 18.3 Å². The number of nitrogens with two attached hydrogens (primary N) is 1. The van der Waals surface area contributed by atoms with E-state index < -0.39 is 17.5 Å². The fourth-order valence-corrected chi connectivity index (χ4v) is 1.60. The lowest BCUT2D eigenvalue weighted by Crippen LogP contribution is -2.18. The molecule has 0 saturated heterocycles. The van der Waals surface area contributed by atoms with Crippen molar-refractivity contribution in [3.8, 4) is 5.75 Å². The summed E-state index contributed by atoms with van der Waals surface area (Å²) in [5, 5.41) is 8.89. The van der Waals surface area contributed by atoms with E-state index in [1.54, 1.807) is 6.92 Å². The second kappa shape index (κ2) is 4.51. The van der Waals surface area contributed by atoms with Crippen LogP contribution in [0.5, 0.6) is 5.75 Å². The largest absolute Gasteiger partial charge is 0.506 e. The summed E-state index contributed by atoms with van der Waals surface area (Å²) < 4.78 is 37.5. The Labute approximate surface area is 95.8 Å². The quantitative estimate of drug-likeness (QED) is 0.851. The van der Waals surface area contributed by atoms with E-state index in [1.807, 2.05) is 0 Å². The van der Waals surface area contributed by atoms with E-state index in [0.29, 0.717) is 5.56 Å². The van der Waals surface area contributed by atoms with Crippen molar-refractivity contribution in [1.82, 2.24) is 0 Å². The number of phenolic OH excluding ortho intramolecular Hbond substituents is 1. The minimum absolute atomic E-state index is 0.267. The number of hydrogen-bond acceptors (Lipinski definition) is 2. The van der Waals surface area contributed by atoms with Crippen LogP contribution in [0.3, 0.4) is 0 Å². The molecule has 1 unspecified atom stereocenters. The van der Waals surface area contributed by atoms with Gasteiger partial charge >= 0.3 is 6.18 Å².